The lowest BCUT2D eigenvalue weighted by atomic mass is 10.1. The molecule has 142 valence electrons. The molecule has 0 saturated heterocycles. The number of amides is 2. The van der Waals surface area contributed by atoms with Crippen molar-refractivity contribution in [2.45, 2.75) is 13.8 Å². The van der Waals surface area contributed by atoms with Crippen LogP contribution in [0.1, 0.15) is 17.4 Å². The van der Waals surface area contributed by atoms with E-state index in [1.54, 1.807) is 36.4 Å². The van der Waals surface area contributed by atoms with Gasteiger partial charge >= 0.3 is 0 Å². The molecular weight excluding hydrogens is 375 g/mol. The standard InChI is InChI=1S/C22H19FN2O2S/c1-14-19(24-15(2)26)4-3-5-20(14)25-22(27)13-11-18-10-12-21(28-18)16-6-8-17(23)9-7-16/h3-13H,1-2H3,(H,24,26)(H,25,27)/b13-11+. The van der Waals surface area contributed by atoms with Crippen LogP contribution >= 0.6 is 11.3 Å². The van der Waals surface area contributed by atoms with Gasteiger partial charge in [0, 0.05) is 34.1 Å². The molecule has 0 aliphatic heterocycles. The Labute approximate surface area is 166 Å². The second-order valence-electron chi connectivity index (χ2n) is 6.19. The van der Waals surface area contributed by atoms with Crippen molar-refractivity contribution < 1.29 is 14.0 Å². The maximum absolute atomic E-state index is 13.0. The Morgan fingerprint density at radius 3 is 2.32 bits per heavy atom. The number of carbonyl (C=O) groups excluding carboxylic acids is 2. The van der Waals surface area contributed by atoms with Crippen molar-refractivity contribution in [1.82, 2.24) is 0 Å². The molecule has 2 N–H and O–H groups in total. The van der Waals surface area contributed by atoms with E-state index < -0.39 is 0 Å². The Bertz CT molecular complexity index is 1040. The van der Waals surface area contributed by atoms with E-state index in [4.69, 9.17) is 0 Å². The van der Waals surface area contributed by atoms with E-state index in [0.29, 0.717) is 11.4 Å². The number of rotatable bonds is 5. The Morgan fingerprint density at radius 2 is 1.64 bits per heavy atom. The summed E-state index contributed by atoms with van der Waals surface area (Å²) in [5.41, 5.74) is 3.02. The molecule has 3 aromatic rings. The van der Waals surface area contributed by atoms with Crippen molar-refractivity contribution in [2.24, 2.45) is 0 Å². The Kier molecular flexibility index (Phi) is 6.01. The number of thiophene rings is 1. The van der Waals surface area contributed by atoms with Crippen LogP contribution in [0, 0.1) is 12.7 Å². The highest BCUT2D eigenvalue weighted by Crippen LogP contribution is 2.29. The van der Waals surface area contributed by atoms with Crippen LogP contribution in [0.2, 0.25) is 0 Å². The van der Waals surface area contributed by atoms with Crippen LogP contribution in [0.5, 0.6) is 0 Å². The maximum Gasteiger partial charge on any atom is 0.248 e. The molecule has 6 heteroatoms. The van der Waals surface area contributed by atoms with Gasteiger partial charge in [0.1, 0.15) is 5.82 Å². The monoisotopic (exact) mass is 394 g/mol. The summed E-state index contributed by atoms with van der Waals surface area (Å²) in [6, 6.07) is 15.5. The zero-order valence-electron chi connectivity index (χ0n) is 15.5. The van der Waals surface area contributed by atoms with Crippen molar-refractivity contribution in [2.75, 3.05) is 10.6 Å². The van der Waals surface area contributed by atoms with Crippen molar-refractivity contribution in [3.8, 4) is 10.4 Å². The van der Waals surface area contributed by atoms with Crippen LogP contribution < -0.4 is 10.6 Å². The minimum atomic E-state index is -0.269. The normalized spacial score (nSPS) is 10.8. The molecule has 0 unspecified atom stereocenters. The lowest BCUT2D eigenvalue weighted by Gasteiger charge is -2.11. The molecule has 0 saturated carbocycles. The minimum absolute atomic E-state index is 0.166. The van der Waals surface area contributed by atoms with Gasteiger partial charge in [0.2, 0.25) is 11.8 Å². The third kappa shape index (κ3) is 4.92. The van der Waals surface area contributed by atoms with Crippen LogP contribution in [-0.4, -0.2) is 11.8 Å². The first kappa shape index (κ1) is 19.5. The van der Waals surface area contributed by atoms with Crippen molar-refractivity contribution in [3.63, 3.8) is 0 Å². The topological polar surface area (TPSA) is 58.2 Å². The van der Waals surface area contributed by atoms with Gasteiger partial charge in [-0.05, 0) is 60.5 Å². The van der Waals surface area contributed by atoms with Crippen LogP contribution in [-0.2, 0) is 9.59 Å². The maximum atomic E-state index is 13.0. The molecule has 0 aliphatic carbocycles. The average molecular weight is 394 g/mol. The van der Waals surface area contributed by atoms with E-state index in [2.05, 4.69) is 10.6 Å². The molecule has 1 heterocycles. The molecule has 0 radical (unpaired) electrons. The number of nitrogens with one attached hydrogen (secondary N) is 2. The van der Waals surface area contributed by atoms with Crippen molar-refractivity contribution >= 4 is 40.6 Å². The highest BCUT2D eigenvalue weighted by Gasteiger charge is 2.07. The fourth-order valence-electron chi connectivity index (χ4n) is 2.64. The number of hydrogen-bond donors (Lipinski definition) is 2. The van der Waals surface area contributed by atoms with E-state index >= 15 is 0 Å². The highest BCUT2D eigenvalue weighted by molar-refractivity contribution is 7.16. The summed E-state index contributed by atoms with van der Waals surface area (Å²) < 4.78 is 13.0. The molecule has 0 fully saturated rings. The van der Waals surface area contributed by atoms with Crippen molar-refractivity contribution in [3.05, 3.63) is 76.9 Å². The first-order valence-corrected chi connectivity index (χ1v) is 9.46. The predicted molar refractivity (Wildman–Crippen MR) is 113 cm³/mol. The summed E-state index contributed by atoms with van der Waals surface area (Å²) >= 11 is 1.52. The van der Waals surface area contributed by atoms with E-state index in [1.807, 2.05) is 19.1 Å². The predicted octanol–water partition coefficient (Wildman–Crippen LogP) is 5.47. The quantitative estimate of drug-likeness (QED) is 0.564. The number of carbonyl (C=O) groups is 2. The molecular formula is C22H19FN2O2S. The summed E-state index contributed by atoms with van der Waals surface area (Å²) in [5.74, 6) is -0.698. The number of hydrogen-bond acceptors (Lipinski definition) is 3. The molecule has 28 heavy (non-hydrogen) atoms. The third-order valence-electron chi connectivity index (χ3n) is 4.06. The zero-order chi connectivity index (χ0) is 20.1. The third-order valence-corrected chi connectivity index (χ3v) is 5.16. The Balaban J connectivity index is 1.68. The summed E-state index contributed by atoms with van der Waals surface area (Å²) in [6.45, 7) is 3.27. The summed E-state index contributed by atoms with van der Waals surface area (Å²) in [6.07, 6.45) is 3.20. The minimum Gasteiger partial charge on any atom is -0.326 e. The zero-order valence-corrected chi connectivity index (χ0v) is 16.3. The summed E-state index contributed by atoms with van der Waals surface area (Å²) in [4.78, 5) is 25.4. The van der Waals surface area contributed by atoms with Gasteiger partial charge in [-0.1, -0.05) is 18.2 Å². The molecule has 0 bridgehead atoms. The first-order valence-electron chi connectivity index (χ1n) is 8.64. The van der Waals surface area contributed by atoms with E-state index in [-0.39, 0.29) is 17.6 Å². The van der Waals surface area contributed by atoms with Gasteiger partial charge in [-0.25, -0.2) is 4.39 Å². The molecule has 4 nitrogen and oxygen atoms in total. The van der Waals surface area contributed by atoms with Gasteiger partial charge in [-0.15, -0.1) is 11.3 Å². The van der Waals surface area contributed by atoms with Crippen LogP contribution in [0.25, 0.3) is 16.5 Å². The second-order valence-corrected chi connectivity index (χ2v) is 7.31. The van der Waals surface area contributed by atoms with E-state index in [1.165, 1.54) is 36.5 Å². The van der Waals surface area contributed by atoms with Gasteiger partial charge in [0.05, 0.1) is 0 Å². The van der Waals surface area contributed by atoms with Gasteiger partial charge in [0.15, 0.2) is 0 Å². The highest BCUT2D eigenvalue weighted by atomic mass is 32.1. The fourth-order valence-corrected chi connectivity index (χ4v) is 3.56. The SMILES string of the molecule is CC(=O)Nc1cccc(NC(=O)/C=C/c2ccc(-c3ccc(F)cc3)s2)c1C. The molecule has 0 aliphatic rings. The number of benzene rings is 2. The largest absolute Gasteiger partial charge is 0.326 e. The lowest BCUT2D eigenvalue weighted by molar-refractivity contribution is -0.114. The van der Waals surface area contributed by atoms with Gasteiger partial charge in [-0.3, -0.25) is 9.59 Å². The van der Waals surface area contributed by atoms with Crippen molar-refractivity contribution in [1.29, 1.82) is 0 Å². The van der Waals surface area contributed by atoms with Gasteiger partial charge < -0.3 is 10.6 Å². The summed E-state index contributed by atoms with van der Waals surface area (Å²) in [5, 5.41) is 5.56. The fraction of sp³-hybridized carbons (Fsp3) is 0.0909. The van der Waals surface area contributed by atoms with E-state index in [9.17, 15) is 14.0 Å². The number of anilines is 2. The molecule has 3 rings (SSSR count). The number of halogens is 1. The second kappa shape index (κ2) is 8.63. The first-order chi connectivity index (χ1) is 13.4. The molecule has 0 atom stereocenters. The van der Waals surface area contributed by atoms with Gasteiger partial charge in [-0.2, -0.15) is 0 Å². The van der Waals surface area contributed by atoms with Crippen LogP contribution in [0.15, 0.2) is 60.7 Å². The molecule has 1 aromatic heterocycles. The van der Waals surface area contributed by atoms with Gasteiger partial charge in [0.25, 0.3) is 0 Å². The molecule has 2 aromatic carbocycles. The smallest absolute Gasteiger partial charge is 0.248 e. The van der Waals surface area contributed by atoms with E-state index in [0.717, 1.165) is 20.9 Å². The molecule has 2 amide bonds. The molecule has 0 spiro atoms. The summed E-state index contributed by atoms with van der Waals surface area (Å²) in [7, 11) is 0. The van der Waals surface area contributed by atoms with Crippen LogP contribution in [0.3, 0.4) is 0 Å². The lowest BCUT2D eigenvalue weighted by Crippen LogP contribution is -2.11. The Morgan fingerprint density at radius 1 is 0.964 bits per heavy atom. The Hall–Kier alpha value is -3.25. The van der Waals surface area contributed by atoms with Crippen LogP contribution in [0.4, 0.5) is 15.8 Å². The average Bonchev–Trinajstić information content (AvgIpc) is 3.13.